The summed E-state index contributed by atoms with van der Waals surface area (Å²) < 4.78 is 5.02. The molecule has 0 spiro atoms. The zero-order chi connectivity index (χ0) is 9.80. The third kappa shape index (κ3) is 3.04. The Labute approximate surface area is 88.5 Å². The first-order valence-corrected chi connectivity index (χ1v) is 5.89. The van der Waals surface area contributed by atoms with E-state index in [1.807, 2.05) is 0 Å². The van der Waals surface area contributed by atoms with E-state index < -0.39 is 0 Å². The molecule has 1 saturated carbocycles. The van der Waals surface area contributed by atoms with E-state index in [0.29, 0.717) is 6.61 Å². The molecule has 1 fully saturated rings. The highest BCUT2D eigenvalue weighted by Gasteiger charge is 2.20. The van der Waals surface area contributed by atoms with Crippen LogP contribution in [0.25, 0.3) is 0 Å². The van der Waals surface area contributed by atoms with Gasteiger partial charge in [0.1, 0.15) is 5.01 Å². The average molecular weight is 212 g/mol. The minimum Gasteiger partial charge on any atom is -0.378 e. The number of rotatable bonds is 6. The summed E-state index contributed by atoms with van der Waals surface area (Å²) in [5, 5.41) is 6.59. The highest BCUT2D eigenvalue weighted by molar-refractivity contribution is 7.09. The first kappa shape index (κ1) is 10.1. The normalized spacial score (nSPS) is 16.1. The van der Waals surface area contributed by atoms with Gasteiger partial charge in [-0.05, 0) is 25.3 Å². The maximum Gasteiger partial charge on any atom is 0.119 e. The van der Waals surface area contributed by atoms with Gasteiger partial charge in [-0.15, -0.1) is 11.3 Å². The van der Waals surface area contributed by atoms with Gasteiger partial charge in [0.05, 0.1) is 12.3 Å². The molecule has 1 N–H and O–H groups in total. The van der Waals surface area contributed by atoms with Crippen molar-refractivity contribution in [2.45, 2.75) is 26.0 Å². The standard InChI is InChI=1S/C10H16N2OS/c1-13-6-10-12-9(7-14-10)5-11-4-8-2-3-8/h7-8,11H,2-6H2,1H3. The van der Waals surface area contributed by atoms with Crippen molar-refractivity contribution in [2.24, 2.45) is 5.92 Å². The van der Waals surface area contributed by atoms with Crippen LogP contribution < -0.4 is 5.32 Å². The molecule has 0 amide bonds. The fraction of sp³-hybridized carbons (Fsp3) is 0.700. The Morgan fingerprint density at radius 1 is 1.64 bits per heavy atom. The van der Waals surface area contributed by atoms with E-state index >= 15 is 0 Å². The Balaban J connectivity index is 1.71. The van der Waals surface area contributed by atoms with Crippen LogP contribution in [0.5, 0.6) is 0 Å². The lowest BCUT2D eigenvalue weighted by molar-refractivity contribution is 0.184. The minimum absolute atomic E-state index is 0.632. The van der Waals surface area contributed by atoms with Crippen LogP contribution in [0.15, 0.2) is 5.38 Å². The molecule has 1 aliphatic rings. The van der Waals surface area contributed by atoms with Gasteiger partial charge >= 0.3 is 0 Å². The molecule has 0 saturated heterocycles. The van der Waals surface area contributed by atoms with Gasteiger partial charge in [0.25, 0.3) is 0 Å². The molecule has 1 aromatic heterocycles. The smallest absolute Gasteiger partial charge is 0.119 e. The van der Waals surface area contributed by atoms with Gasteiger partial charge in [-0.1, -0.05) is 0 Å². The SMILES string of the molecule is COCc1nc(CNCC2CC2)cs1. The van der Waals surface area contributed by atoms with Crippen molar-refractivity contribution in [1.82, 2.24) is 10.3 Å². The number of nitrogens with zero attached hydrogens (tertiary/aromatic N) is 1. The number of hydrogen-bond acceptors (Lipinski definition) is 4. The van der Waals surface area contributed by atoms with Gasteiger partial charge < -0.3 is 10.1 Å². The molecule has 0 aliphatic heterocycles. The van der Waals surface area contributed by atoms with Crippen molar-refractivity contribution >= 4 is 11.3 Å². The summed E-state index contributed by atoms with van der Waals surface area (Å²) in [6, 6.07) is 0. The van der Waals surface area contributed by atoms with Crippen molar-refractivity contribution in [3.63, 3.8) is 0 Å². The maximum atomic E-state index is 5.02. The molecule has 1 aromatic rings. The van der Waals surface area contributed by atoms with E-state index in [1.165, 1.54) is 12.8 Å². The van der Waals surface area contributed by atoms with E-state index in [2.05, 4.69) is 15.7 Å². The minimum atomic E-state index is 0.632. The molecular formula is C10H16N2OS. The average Bonchev–Trinajstić information content (AvgIpc) is 2.88. The van der Waals surface area contributed by atoms with Crippen molar-refractivity contribution in [1.29, 1.82) is 0 Å². The second-order valence-electron chi connectivity index (χ2n) is 3.74. The van der Waals surface area contributed by atoms with E-state index in [4.69, 9.17) is 4.74 Å². The van der Waals surface area contributed by atoms with Crippen molar-refractivity contribution in [2.75, 3.05) is 13.7 Å². The van der Waals surface area contributed by atoms with Crippen molar-refractivity contribution < 1.29 is 4.74 Å². The Morgan fingerprint density at radius 3 is 3.21 bits per heavy atom. The quantitative estimate of drug-likeness (QED) is 0.780. The molecule has 2 rings (SSSR count). The van der Waals surface area contributed by atoms with Crippen LogP contribution in [0.3, 0.4) is 0 Å². The van der Waals surface area contributed by atoms with Gasteiger partial charge in [0, 0.05) is 19.0 Å². The molecule has 78 valence electrons. The third-order valence-electron chi connectivity index (χ3n) is 2.30. The molecular weight excluding hydrogens is 196 g/mol. The summed E-state index contributed by atoms with van der Waals surface area (Å²) in [6.07, 6.45) is 2.80. The second-order valence-corrected chi connectivity index (χ2v) is 4.68. The lowest BCUT2D eigenvalue weighted by Gasteiger charge is -1.99. The van der Waals surface area contributed by atoms with Crippen molar-refractivity contribution in [3.05, 3.63) is 16.1 Å². The van der Waals surface area contributed by atoms with Crippen LogP contribution in [0.4, 0.5) is 0 Å². The zero-order valence-corrected chi connectivity index (χ0v) is 9.27. The Kier molecular flexibility index (Phi) is 3.50. The topological polar surface area (TPSA) is 34.1 Å². The molecule has 1 heterocycles. The number of methoxy groups -OCH3 is 1. The fourth-order valence-corrected chi connectivity index (χ4v) is 2.11. The second kappa shape index (κ2) is 4.87. The van der Waals surface area contributed by atoms with Crippen LogP contribution in [-0.2, 0) is 17.9 Å². The van der Waals surface area contributed by atoms with Gasteiger partial charge in [0.15, 0.2) is 0 Å². The monoisotopic (exact) mass is 212 g/mol. The van der Waals surface area contributed by atoms with Crippen LogP contribution in [0.1, 0.15) is 23.5 Å². The van der Waals surface area contributed by atoms with Crippen LogP contribution in [0, 0.1) is 5.92 Å². The van der Waals surface area contributed by atoms with Crippen LogP contribution in [0.2, 0.25) is 0 Å². The fourth-order valence-electron chi connectivity index (χ4n) is 1.35. The molecule has 0 bridgehead atoms. The van der Waals surface area contributed by atoms with Crippen LogP contribution >= 0.6 is 11.3 Å². The Bertz CT molecular complexity index is 283. The molecule has 0 unspecified atom stereocenters. The lowest BCUT2D eigenvalue weighted by atomic mass is 10.4. The summed E-state index contributed by atoms with van der Waals surface area (Å²) in [7, 11) is 1.70. The van der Waals surface area contributed by atoms with Gasteiger partial charge in [0.2, 0.25) is 0 Å². The highest BCUT2D eigenvalue weighted by atomic mass is 32.1. The van der Waals surface area contributed by atoms with Gasteiger partial charge in [-0.25, -0.2) is 4.98 Å². The number of thiazole rings is 1. The summed E-state index contributed by atoms with van der Waals surface area (Å²) in [6.45, 7) is 2.68. The Morgan fingerprint density at radius 2 is 2.50 bits per heavy atom. The first-order chi connectivity index (χ1) is 6.88. The predicted octanol–water partition coefficient (Wildman–Crippen LogP) is 1.79. The highest BCUT2D eigenvalue weighted by Crippen LogP contribution is 2.27. The number of nitrogens with one attached hydrogen (secondary N) is 1. The molecule has 0 atom stereocenters. The van der Waals surface area contributed by atoms with E-state index in [1.54, 1.807) is 18.4 Å². The summed E-state index contributed by atoms with van der Waals surface area (Å²) in [4.78, 5) is 4.45. The predicted molar refractivity (Wildman–Crippen MR) is 57.3 cm³/mol. The number of ether oxygens (including phenoxy) is 1. The molecule has 0 radical (unpaired) electrons. The summed E-state index contributed by atoms with van der Waals surface area (Å²) in [5.41, 5.74) is 1.14. The number of aromatic nitrogens is 1. The van der Waals surface area contributed by atoms with Crippen molar-refractivity contribution in [3.8, 4) is 0 Å². The maximum absolute atomic E-state index is 5.02. The van der Waals surface area contributed by atoms with Gasteiger partial charge in [-0.2, -0.15) is 0 Å². The summed E-state index contributed by atoms with van der Waals surface area (Å²) >= 11 is 1.67. The van der Waals surface area contributed by atoms with E-state index in [9.17, 15) is 0 Å². The molecule has 14 heavy (non-hydrogen) atoms. The molecule has 0 aromatic carbocycles. The number of hydrogen-bond donors (Lipinski definition) is 1. The third-order valence-corrected chi connectivity index (χ3v) is 3.17. The Hall–Kier alpha value is -0.450. The summed E-state index contributed by atoms with van der Waals surface area (Å²) in [5.74, 6) is 0.937. The van der Waals surface area contributed by atoms with Gasteiger partial charge in [-0.3, -0.25) is 0 Å². The lowest BCUT2D eigenvalue weighted by Crippen LogP contribution is -2.16. The zero-order valence-electron chi connectivity index (χ0n) is 8.45. The van der Waals surface area contributed by atoms with E-state index in [0.717, 1.165) is 29.7 Å². The van der Waals surface area contributed by atoms with Crippen LogP contribution in [-0.4, -0.2) is 18.6 Å². The molecule has 4 heteroatoms. The largest absolute Gasteiger partial charge is 0.378 e. The molecule has 3 nitrogen and oxygen atoms in total. The van der Waals surface area contributed by atoms with E-state index in [-0.39, 0.29) is 0 Å². The molecule has 1 aliphatic carbocycles. The first-order valence-electron chi connectivity index (χ1n) is 5.01.